The van der Waals surface area contributed by atoms with Gasteiger partial charge in [-0.05, 0) is 45.4 Å². The van der Waals surface area contributed by atoms with Crippen molar-refractivity contribution in [3.63, 3.8) is 0 Å². The monoisotopic (exact) mass is 338 g/mol. The van der Waals surface area contributed by atoms with E-state index in [9.17, 15) is 9.90 Å². The van der Waals surface area contributed by atoms with E-state index in [1.165, 1.54) is 7.11 Å². The number of ether oxygens (including phenoxy) is 2. The molecule has 24 heavy (non-hydrogen) atoms. The first kappa shape index (κ1) is 20.3. The molecule has 0 aromatic heterocycles. The van der Waals surface area contributed by atoms with Gasteiger partial charge in [-0.2, -0.15) is 0 Å². The van der Waals surface area contributed by atoms with Crippen LogP contribution in [0.15, 0.2) is 18.2 Å². The molecule has 1 aromatic carbocycles. The summed E-state index contributed by atoms with van der Waals surface area (Å²) in [5.41, 5.74) is 0.453. The fourth-order valence-corrected chi connectivity index (χ4v) is 1.94. The van der Waals surface area contributed by atoms with Crippen LogP contribution in [0, 0.1) is 0 Å². The van der Waals surface area contributed by atoms with E-state index >= 15 is 0 Å². The summed E-state index contributed by atoms with van der Waals surface area (Å²) in [6.45, 7) is 9.30. The molecule has 0 radical (unpaired) electrons. The summed E-state index contributed by atoms with van der Waals surface area (Å²) in [4.78, 5) is 12.0. The standard InChI is InChI=1S/C18H30N2O4/c1-6-9-19-17(22)13-7-8-15(16(10-13)23-5)24-12-14(21)11-20-18(2,3)4/h7-8,10,14,20-21H,6,9,11-12H2,1-5H3,(H,19,22). The van der Waals surface area contributed by atoms with Gasteiger partial charge < -0.3 is 25.2 Å². The maximum Gasteiger partial charge on any atom is 0.251 e. The Labute approximate surface area is 144 Å². The fraction of sp³-hybridized carbons (Fsp3) is 0.611. The number of hydrogen-bond donors (Lipinski definition) is 3. The Morgan fingerprint density at radius 1 is 1.29 bits per heavy atom. The van der Waals surface area contributed by atoms with E-state index in [0.717, 1.165) is 6.42 Å². The Morgan fingerprint density at radius 2 is 2.00 bits per heavy atom. The normalized spacial score (nSPS) is 12.6. The quantitative estimate of drug-likeness (QED) is 0.641. The minimum absolute atomic E-state index is 0.0633. The maximum atomic E-state index is 12.0. The number of aliphatic hydroxyl groups is 1. The number of hydrogen-bond acceptors (Lipinski definition) is 5. The number of methoxy groups -OCH3 is 1. The molecule has 6 heteroatoms. The molecule has 1 rings (SSSR count). The maximum absolute atomic E-state index is 12.0. The second kappa shape index (κ2) is 9.49. The van der Waals surface area contributed by atoms with Crippen LogP contribution in [0.2, 0.25) is 0 Å². The Balaban J connectivity index is 2.63. The molecule has 0 heterocycles. The van der Waals surface area contributed by atoms with E-state index in [4.69, 9.17) is 9.47 Å². The van der Waals surface area contributed by atoms with Crippen LogP contribution in [-0.4, -0.2) is 49.5 Å². The lowest BCUT2D eigenvalue weighted by molar-refractivity contribution is 0.0949. The van der Waals surface area contributed by atoms with Crippen LogP contribution in [0.25, 0.3) is 0 Å². The smallest absolute Gasteiger partial charge is 0.251 e. The predicted octanol–water partition coefficient (Wildman–Crippen LogP) is 1.96. The summed E-state index contributed by atoms with van der Waals surface area (Å²) < 4.78 is 10.9. The molecule has 1 atom stereocenters. The molecule has 0 saturated heterocycles. The largest absolute Gasteiger partial charge is 0.493 e. The number of carbonyl (C=O) groups excluding carboxylic acids is 1. The molecule has 1 amide bonds. The second-order valence-corrected chi connectivity index (χ2v) is 6.72. The van der Waals surface area contributed by atoms with Gasteiger partial charge in [0.2, 0.25) is 0 Å². The fourth-order valence-electron chi connectivity index (χ4n) is 1.94. The van der Waals surface area contributed by atoms with Crippen LogP contribution in [-0.2, 0) is 0 Å². The second-order valence-electron chi connectivity index (χ2n) is 6.72. The molecule has 0 aliphatic carbocycles. The minimum Gasteiger partial charge on any atom is -0.493 e. The van der Waals surface area contributed by atoms with E-state index < -0.39 is 6.10 Å². The van der Waals surface area contributed by atoms with Gasteiger partial charge in [-0.15, -0.1) is 0 Å². The molecule has 136 valence electrons. The Kier molecular flexibility index (Phi) is 8.01. The van der Waals surface area contributed by atoms with Crippen molar-refractivity contribution in [3.05, 3.63) is 23.8 Å². The lowest BCUT2D eigenvalue weighted by Gasteiger charge is -2.23. The number of carbonyl (C=O) groups is 1. The number of β-amino-alcohol motifs (C(OH)–C–C–N with tert-alkyl or cyclic N) is 1. The van der Waals surface area contributed by atoms with Crippen molar-refractivity contribution in [2.75, 3.05) is 26.8 Å². The van der Waals surface area contributed by atoms with Gasteiger partial charge in [0.1, 0.15) is 12.7 Å². The molecule has 0 saturated carbocycles. The lowest BCUT2D eigenvalue weighted by atomic mass is 10.1. The highest BCUT2D eigenvalue weighted by atomic mass is 16.5. The Bertz CT molecular complexity index is 526. The van der Waals surface area contributed by atoms with E-state index in [2.05, 4.69) is 10.6 Å². The van der Waals surface area contributed by atoms with Crippen molar-refractivity contribution in [1.82, 2.24) is 10.6 Å². The van der Waals surface area contributed by atoms with Crippen LogP contribution >= 0.6 is 0 Å². The number of rotatable bonds is 9. The summed E-state index contributed by atoms with van der Waals surface area (Å²) in [6.07, 6.45) is 0.242. The van der Waals surface area contributed by atoms with Gasteiger partial charge in [0.05, 0.1) is 7.11 Å². The molecule has 0 bridgehead atoms. The summed E-state index contributed by atoms with van der Waals surface area (Å²) in [6, 6.07) is 5.01. The zero-order valence-corrected chi connectivity index (χ0v) is 15.3. The Morgan fingerprint density at radius 3 is 2.58 bits per heavy atom. The minimum atomic E-state index is -0.638. The highest BCUT2D eigenvalue weighted by Gasteiger charge is 2.15. The van der Waals surface area contributed by atoms with Crippen LogP contribution in [0.4, 0.5) is 0 Å². The van der Waals surface area contributed by atoms with Gasteiger partial charge in [0.25, 0.3) is 5.91 Å². The van der Waals surface area contributed by atoms with E-state index in [-0.39, 0.29) is 18.1 Å². The SMILES string of the molecule is CCCNC(=O)c1ccc(OCC(O)CNC(C)(C)C)c(OC)c1. The first-order valence-corrected chi connectivity index (χ1v) is 8.29. The molecule has 0 aliphatic heterocycles. The molecule has 3 N–H and O–H groups in total. The predicted molar refractivity (Wildman–Crippen MR) is 94.9 cm³/mol. The van der Waals surface area contributed by atoms with E-state index in [1.54, 1.807) is 18.2 Å². The van der Waals surface area contributed by atoms with Crippen molar-refractivity contribution in [2.24, 2.45) is 0 Å². The van der Waals surface area contributed by atoms with Crippen molar-refractivity contribution < 1.29 is 19.4 Å². The van der Waals surface area contributed by atoms with Gasteiger partial charge in [-0.3, -0.25) is 4.79 Å². The average molecular weight is 338 g/mol. The number of benzene rings is 1. The number of nitrogens with one attached hydrogen (secondary N) is 2. The molecule has 0 fully saturated rings. The molecular formula is C18H30N2O4. The van der Waals surface area contributed by atoms with Crippen molar-refractivity contribution in [3.8, 4) is 11.5 Å². The first-order valence-electron chi connectivity index (χ1n) is 8.29. The zero-order valence-electron chi connectivity index (χ0n) is 15.3. The third-order valence-corrected chi connectivity index (χ3v) is 3.26. The molecule has 1 aromatic rings. The van der Waals surface area contributed by atoms with Gasteiger partial charge in [-0.25, -0.2) is 0 Å². The topological polar surface area (TPSA) is 79.8 Å². The van der Waals surface area contributed by atoms with Crippen molar-refractivity contribution in [2.45, 2.75) is 45.8 Å². The molecule has 0 spiro atoms. The molecule has 6 nitrogen and oxygen atoms in total. The third kappa shape index (κ3) is 7.19. The van der Waals surface area contributed by atoms with Crippen LogP contribution < -0.4 is 20.1 Å². The number of amides is 1. The number of aliphatic hydroxyl groups excluding tert-OH is 1. The van der Waals surface area contributed by atoms with Crippen LogP contribution in [0.5, 0.6) is 11.5 Å². The molecule has 1 unspecified atom stereocenters. The first-order chi connectivity index (χ1) is 11.3. The summed E-state index contributed by atoms with van der Waals surface area (Å²) >= 11 is 0. The van der Waals surface area contributed by atoms with Gasteiger partial charge in [0.15, 0.2) is 11.5 Å². The van der Waals surface area contributed by atoms with Crippen molar-refractivity contribution in [1.29, 1.82) is 0 Å². The molecular weight excluding hydrogens is 308 g/mol. The van der Waals surface area contributed by atoms with Crippen LogP contribution in [0.1, 0.15) is 44.5 Å². The van der Waals surface area contributed by atoms with Crippen molar-refractivity contribution >= 4 is 5.91 Å². The Hall–Kier alpha value is -1.79. The van der Waals surface area contributed by atoms with Crippen LogP contribution in [0.3, 0.4) is 0 Å². The summed E-state index contributed by atoms with van der Waals surface area (Å²) in [5.74, 6) is 0.825. The zero-order chi connectivity index (χ0) is 18.2. The summed E-state index contributed by atoms with van der Waals surface area (Å²) in [7, 11) is 1.52. The van der Waals surface area contributed by atoms with Gasteiger partial charge in [-0.1, -0.05) is 6.92 Å². The summed E-state index contributed by atoms with van der Waals surface area (Å²) in [5, 5.41) is 16.0. The third-order valence-electron chi connectivity index (χ3n) is 3.26. The van der Waals surface area contributed by atoms with E-state index in [1.807, 2.05) is 27.7 Å². The van der Waals surface area contributed by atoms with Gasteiger partial charge in [0, 0.05) is 24.2 Å². The molecule has 0 aliphatic rings. The lowest BCUT2D eigenvalue weighted by Crippen LogP contribution is -2.42. The average Bonchev–Trinajstić information content (AvgIpc) is 2.55. The van der Waals surface area contributed by atoms with E-state index in [0.29, 0.717) is 30.2 Å². The highest BCUT2D eigenvalue weighted by Crippen LogP contribution is 2.28. The highest BCUT2D eigenvalue weighted by molar-refractivity contribution is 5.94. The van der Waals surface area contributed by atoms with Gasteiger partial charge >= 0.3 is 0 Å².